The van der Waals surface area contributed by atoms with E-state index in [0.29, 0.717) is 11.8 Å². The first-order valence-electron chi connectivity index (χ1n) is 7.54. The van der Waals surface area contributed by atoms with E-state index in [4.69, 9.17) is 4.74 Å². The highest BCUT2D eigenvalue weighted by Crippen LogP contribution is 2.40. The fourth-order valence-corrected chi connectivity index (χ4v) is 2.28. The second-order valence-corrected chi connectivity index (χ2v) is 5.48. The van der Waals surface area contributed by atoms with Crippen molar-refractivity contribution in [1.29, 1.82) is 0 Å². The van der Waals surface area contributed by atoms with Crippen molar-refractivity contribution in [3.63, 3.8) is 0 Å². The van der Waals surface area contributed by atoms with Gasteiger partial charge in [0.1, 0.15) is 17.4 Å². The number of aryl methyl sites for hydroxylation is 1. The molecule has 0 unspecified atom stereocenters. The van der Waals surface area contributed by atoms with Gasteiger partial charge in [0.15, 0.2) is 0 Å². The zero-order valence-electron chi connectivity index (χ0n) is 12.8. The minimum atomic E-state index is 0.502. The summed E-state index contributed by atoms with van der Waals surface area (Å²) in [6.07, 6.45) is 3.39. The lowest BCUT2D eigenvalue weighted by atomic mass is 10.2. The van der Waals surface area contributed by atoms with Gasteiger partial charge < -0.3 is 10.1 Å². The molecule has 1 N–H and O–H groups in total. The van der Waals surface area contributed by atoms with Gasteiger partial charge >= 0.3 is 0 Å². The Balaban J connectivity index is 1.90. The Kier molecular flexibility index (Phi) is 3.78. The van der Waals surface area contributed by atoms with Gasteiger partial charge in [-0.25, -0.2) is 4.98 Å². The lowest BCUT2D eigenvalue weighted by Crippen LogP contribution is -2.04. The summed E-state index contributed by atoms with van der Waals surface area (Å²) in [5.41, 5.74) is 2.25. The highest BCUT2D eigenvalue weighted by Gasteiger charge is 2.28. The first-order chi connectivity index (χ1) is 10.2. The van der Waals surface area contributed by atoms with Crippen LogP contribution in [0.4, 0.5) is 5.82 Å². The molecular formula is C17H21N3O. The monoisotopic (exact) mass is 283 g/mol. The molecule has 1 saturated carbocycles. The van der Waals surface area contributed by atoms with Crippen molar-refractivity contribution in [2.45, 2.75) is 39.0 Å². The van der Waals surface area contributed by atoms with Crippen LogP contribution in [0.3, 0.4) is 0 Å². The molecule has 0 saturated heterocycles. The van der Waals surface area contributed by atoms with Gasteiger partial charge in [0.05, 0.1) is 5.56 Å². The SMILES string of the molecule is CCc1ccc(Oc2nc(C3CC3)nc(NC)c2C)cc1. The largest absolute Gasteiger partial charge is 0.439 e. The molecule has 0 spiro atoms. The molecule has 21 heavy (non-hydrogen) atoms. The number of benzene rings is 1. The Morgan fingerprint density at radius 1 is 1.19 bits per heavy atom. The highest BCUT2D eigenvalue weighted by molar-refractivity contribution is 5.49. The fourth-order valence-electron chi connectivity index (χ4n) is 2.28. The van der Waals surface area contributed by atoms with E-state index in [-0.39, 0.29) is 0 Å². The quantitative estimate of drug-likeness (QED) is 0.899. The van der Waals surface area contributed by atoms with E-state index in [1.165, 1.54) is 18.4 Å². The number of anilines is 1. The number of rotatable bonds is 5. The Morgan fingerprint density at radius 3 is 2.48 bits per heavy atom. The van der Waals surface area contributed by atoms with Crippen molar-refractivity contribution in [1.82, 2.24) is 9.97 Å². The Hall–Kier alpha value is -2.10. The van der Waals surface area contributed by atoms with Crippen LogP contribution in [0.1, 0.15) is 42.6 Å². The maximum Gasteiger partial charge on any atom is 0.227 e. The molecule has 1 fully saturated rings. The highest BCUT2D eigenvalue weighted by atomic mass is 16.5. The summed E-state index contributed by atoms with van der Waals surface area (Å²) < 4.78 is 5.98. The summed E-state index contributed by atoms with van der Waals surface area (Å²) in [6.45, 7) is 4.13. The molecule has 4 heteroatoms. The van der Waals surface area contributed by atoms with E-state index in [0.717, 1.165) is 29.4 Å². The molecule has 1 heterocycles. The smallest absolute Gasteiger partial charge is 0.227 e. The van der Waals surface area contributed by atoms with Crippen LogP contribution in [0.25, 0.3) is 0 Å². The second-order valence-electron chi connectivity index (χ2n) is 5.48. The van der Waals surface area contributed by atoms with E-state index in [1.807, 2.05) is 26.1 Å². The number of nitrogens with zero attached hydrogens (tertiary/aromatic N) is 2. The molecule has 4 nitrogen and oxygen atoms in total. The molecular weight excluding hydrogens is 262 g/mol. The number of ether oxygens (including phenoxy) is 1. The van der Waals surface area contributed by atoms with Crippen molar-refractivity contribution in [2.75, 3.05) is 12.4 Å². The van der Waals surface area contributed by atoms with Gasteiger partial charge in [0, 0.05) is 13.0 Å². The van der Waals surface area contributed by atoms with E-state index in [9.17, 15) is 0 Å². The van der Waals surface area contributed by atoms with Gasteiger partial charge in [-0.3, -0.25) is 0 Å². The molecule has 3 rings (SSSR count). The fraction of sp³-hybridized carbons (Fsp3) is 0.412. The molecule has 1 aliphatic carbocycles. The molecule has 0 aliphatic heterocycles. The van der Waals surface area contributed by atoms with Gasteiger partial charge in [-0.05, 0) is 43.9 Å². The van der Waals surface area contributed by atoms with Crippen LogP contribution in [-0.4, -0.2) is 17.0 Å². The first-order valence-corrected chi connectivity index (χ1v) is 7.54. The van der Waals surface area contributed by atoms with Crippen molar-refractivity contribution in [3.8, 4) is 11.6 Å². The minimum Gasteiger partial charge on any atom is -0.439 e. The molecule has 1 aromatic heterocycles. The van der Waals surface area contributed by atoms with Crippen LogP contribution in [0.15, 0.2) is 24.3 Å². The maximum atomic E-state index is 5.98. The summed E-state index contributed by atoms with van der Waals surface area (Å²) in [6, 6.07) is 8.17. The Morgan fingerprint density at radius 2 is 1.90 bits per heavy atom. The van der Waals surface area contributed by atoms with Crippen LogP contribution >= 0.6 is 0 Å². The van der Waals surface area contributed by atoms with Gasteiger partial charge in [-0.15, -0.1) is 0 Å². The topological polar surface area (TPSA) is 47.0 Å². The average Bonchev–Trinajstić information content (AvgIpc) is 3.35. The van der Waals surface area contributed by atoms with Gasteiger partial charge in [0.25, 0.3) is 0 Å². The van der Waals surface area contributed by atoms with Crippen molar-refractivity contribution in [2.24, 2.45) is 0 Å². The molecule has 0 amide bonds. The summed E-state index contributed by atoms with van der Waals surface area (Å²) in [5, 5.41) is 3.13. The van der Waals surface area contributed by atoms with E-state index in [1.54, 1.807) is 0 Å². The average molecular weight is 283 g/mol. The lowest BCUT2D eigenvalue weighted by Gasteiger charge is -2.13. The van der Waals surface area contributed by atoms with Crippen molar-refractivity contribution >= 4 is 5.82 Å². The van der Waals surface area contributed by atoms with Crippen LogP contribution in [0.2, 0.25) is 0 Å². The zero-order chi connectivity index (χ0) is 14.8. The van der Waals surface area contributed by atoms with E-state index in [2.05, 4.69) is 34.3 Å². The third kappa shape index (κ3) is 2.99. The summed E-state index contributed by atoms with van der Waals surface area (Å²) in [7, 11) is 1.88. The van der Waals surface area contributed by atoms with Gasteiger partial charge in [-0.2, -0.15) is 4.98 Å². The van der Waals surface area contributed by atoms with Crippen LogP contribution in [0.5, 0.6) is 11.6 Å². The molecule has 1 aromatic carbocycles. The summed E-state index contributed by atoms with van der Waals surface area (Å²) in [4.78, 5) is 9.19. The summed E-state index contributed by atoms with van der Waals surface area (Å²) >= 11 is 0. The second kappa shape index (κ2) is 5.72. The molecule has 1 aliphatic rings. The van der Waals surface area contributed by atoms with Gasteiger partial charge in [0.2, 0.25) is 5.88 Å². The normalized spacial score (nSPS) is 14.0. The summed E-state index contributed by atoms with van der Waals surface area (Å²) in [5.74, 6) is 3.72. The standard InChI is InChI=1S/C17H21N3O/c1-4-12-5-9-14(10-6-12)21-17-11(2)15(18-3)19-16(20-17)13-7-8-13/h5-6,9-10,13H,4,7-8H2,1-3H3,(H,18,19,20). The Bertz CT molecular complexity index is 633. The number of nitrogens with one attached hydrogen (secondary N) is 1. The Labute approximate surface area is 125 Å². The molecule has 110 valence electrons. The number of hydrogen-bond acceptors (Lipinski definition) is 4. The third-order valence-corrected chi connectivity index (χ3v) is 3.84. The van der Waals surface area contributed by atoms with Gasteiger partial charge in [-0.1, -0.05) is 19.1 Å². The number of aromatic nitrogens is 2. The van der Waals surface area contributed by atoms with E-state index >= 15 is 0 Å². The maximum absolute atomic E-state index is 5.98. The third-order valence-electron chi connectivity index (χ3n) is 3.84. The van der Waals surface area contributed by atoms with Crippen molar-refractivity contribution in [3.05, 3.63) is 41.2 Å². The predicted molar refractivity (Wildman–Crippen MR) is 84.2 cm³/mol. The molecule has 0 bridgehead atoms. The molecule has 0 atom stereocenters. The molecule has 0 radical (unpaired) electrons. The molecule has 2 aromatic rings. The number of hydrogen-bond donors (Lipinski definition) is 1. The van der Waals surface area contributed by atoms with Crippen molar-refractivity contribution < 1.29 is 4.74 Å². The van der Waals surface area contributed by atoms with Crippen LogP contribution in [0, 0.1) is 6.92 Å². The van der Waals surface area contributed by atoms with Crippen LogP contribution in [-0.2, 0) is 6.42 Å². The minimum absolute atomic E-state index is 0.502. The zero-order valence-corrected chi connectivity index (χ0v) is 12.8. The predicted octanol–water partition coefficient (Wildman–Crippen LogP) is 4.06. The lowest BCUT2D eigenvalue weighted by molar-refractivity contribution is 0.454. The van der Waals surface area contributed by atoms with Crippen LogP contribution < -0.4 is 10.1 Å². The first kappa shape index (κ1) is 13.9. The van der Waals surface area contributed by atoms with E-state index < -0.39 is 0 Å².